The van der Waals surface area contributed by atoms with Gasteiger partial charge in [-0.05, 0) is 53.8 Å². The molecule has 5 nitrogen and oxygen atoms in total. The predicted molar refractivity (Wildman–Crippen MR) is 167 cm³/mol. The van der Waals surface area contributed by atoms with Crippen LogP contribution in [0.3, 0.4) is 0 Å². The highest BCUT2D eigenvalue weighted by atomic mass is 35.5. The third-order valence-corrected chi connectivity index (χ3v) is 7.73. The van der Waals surface area contributed by atoms with Gasteiger partial charge in [0, 0.05) is 5.56 Å². The predicted octanol–water partition coefficient (Wildman–Crippen LogP) is 8.74. The third-order valence-electron chi connectivity index (χ3n) is 6.90. The lowest BCUT2D eigenvalue weighted by Gasteiger charge is -2.25. The number of amides is 2. The summed E-state index contributed by atoms with van der Waals surface area (Å²) in [6.45, 7) is 0. The van der Waals surface area contributed by atoms with Crippen LogP contribution in [0.4, 0.5) is 22.7 Å². The summed E-state index contributed by atoms with van der Waals surface area (Å²) in [5.41, 5.74) is 6.99. The second-order valence-electron chi connectivity index (χ2n) is 9.37. The number of anilines is 4. The van der Waals surface area contributed by atoms with E-state index in [1.54, 1.807) is 11.0 Å². The Morgan fingerprint density at radius 1 is 0.683 bits per heavy atom. The van der Waals surface area contributed by atoms with Crippen LogP contribution in [0.25, 0.3) is 12.2 Å². The smallest absolute Gasteiger partial charge is 0.246 e. The van der Waals surface area contributed by atoms with Gasteiger partial charge in [-0.15, -0.1) is 11.6 Å². The molecule has 0 radical (unpaired) electrons. The monoisotopic (exact) mass is 599 g/mol. The van der Waals surface area contributed by atoms with E-state index in [0.717, 1.165) is 52.2 Å². The summed E-state index contributed by atoms with van der Waals surface area (Å²) in [6, 6.07) is 28.6. The highest BCUT2D eigenvalue weighted by Gasteiger charge is 2.27. The second-order valence-corrected chi connectivity index (χ2v) is 10.5. The van der Waals surface area contributed by atoms with E-state index in [1.807, 2.05) is 97.1 Å². The normalized spacial score (nSPS) is 12.7. The van der Waals surface area contributed by atoms with Crippen molar-refractivity contribution in [2.75, 3.05) is 15.7 Å². The molecule has 0 fully saturated rings. The number of aryl methyl sites for hydroxylation is 2. The summed E-state index contributed by atoms with van der Waals surface area (Å²) >= 11 is 18.4. The molecule has 0 bridgehead atoms. The summed E-state index contributed by atoms with van der Waals surface area (Å²) in [7, 11) is 0. The Labute approximate surface area is 253 Å². The van der Waals surface area contributed by atoms with Crippen molar-refractivity contribution in [3.05, 3.63) is 117 Å². The van der Waals surface area contributed by atoms with Crippen LogP contribution in [0, 0.1) is 11.3 Å². The number of hydrogen-bond acceptors (Lipinski definition) is 3. The van der Waals surface area contributed by atoms with Crippen molar-refractivity contribution in [2.45, 2.75) is 19.3 Å². The van der Waals surface area contributed by atoms with Crippen molar-refractivity contribution < 1.29 is 9.59 Å². The van der Waals surface area contributed by atoms with Gasteiger partial charge in [-0.1, -0.05) is 96.0 Å². The Kier molecular flexibility index (Phi) is 8.75. The van der Waals surface area contributed by atoms with Crippen LogP contribution >= 0.6 is 34.8 Å². The molecule has 8 heteroatoms. The van der Waals surface area contributed by atoms with E-state index in [0.29, 0.717) is 15.7 Å². The zero-order valence-electron chi connectivity index (χ0n) is 21.9. The fraction of sp³-hybridized carbons (Fsp3) is 0.121. The van der Waals surface area contributed by atoms with Crippen molar-refractivity contribution in [3.8, 4) is 6.07 Å². The number of fused-ring (bicyclic) bond motifs is 4. The minimum atomic E-state index is -0.289. The summed E-state index contributed by atoms with van der Waals surface area (Å²) in [5, 5.41) is 9.92. The average molecular weight is 601 g/mol. The largest absolute Gasteiger partial charge is 0.278 e. The fourth-order valence-corrected chi connectivity index (χ4v) is 5.77. The SMILES string of the molecule is N#CCC(=O)N1c2ccccc2C=Cc2cccc(Cl)c21.O=C(CCl)N1c2ccccc2CCc2cccc(Cl)c21. The molecule has 0 saturated carbocycles. The molecule has 0 atom stereocenters. The third kappa shape index (κ3) is 5.73. The van der Waals surface area contributed by atoms with Crippen molar-refractivity contribution >= 4 is 81.5 Å². The van der Waals surface area contributed by atoms with E-state index in [-0.39, 0.29) is 24.1 Å². The summed E-state index contributed by atoms with van der Waals surface area (Å²) in [5.74, 6) is -0.516. The second kappa shape index (κ2) is 12.6. The minimum Gasteiger partial charge on any atom is -0.278 e. The van der Waals surface area contributed by atoms with Crippen LogP contribution in [0.15, 0.2) is 84.9 Å². The Balaban J connectivity index is 0.000000165. The minimum absolute atomic E-state index is 0.0704. The lowest BCUT2D eigenvalue weighted by molar-refractivity contribution is -0.117. The maximum absolute atomic E-state index is 12.4. The quantitative estimate of drug-likeness (QED) is 0.216. The number of carbonyl (C=O) groups excluding carboxylic acids is 2. The van der Waals surface area contributed by atoms with E-state index >= 15 is 0 Å². The Morgan fingerprint density at radius 2 is 1.24 bits per heavy atom. The summed E-state index contributed by atoms with van der Waals surface area (Å²) in [4.78, 5) is 28.0. The number of nitriles is 1. The summed E-state index contributed by atoms with van der Waals surface area (Å²) in [6.07, 6.45) is 5.43. The van der Waals surface area contributed by atoms with Crippen molar-refractivity contribution in [2.24, 2.45) is 0 Å². The standard InChI is InChI=1S/C17H11ClN2O.C16H13Cl2NO/c18-14-6-3-5-13-9-8-12-4-1-2-7-15(12)20(17(13)14)16(21)10-11-19;17-10-15(20)19-14-7-2-1-4-11(14)8-9-12-5-3-6-13(18)16(12)19/h1-9H,10H2;1-7H,8-10H2. The van der Waals surface area contributed by atoms with Crippen molar-refractivity contribution in [1.82, 2.24) is 0 Å². The zero-order chi connectivity index (χ0) is 28.9. The molecule has 4 aromatic rings. The zero-order valence-corrected chi connectivity index (χ0v) is 24.1. The molecule has 0 aromatic heterocycles. The van der Waals surface area contributed by atoms with Gasteiger partial charge in [0.1, 0.15) is 12.3 Å². The lowest BCUT2D eigenvalue weighted by Crippen LogP contribution is -2.28. The lowest BCUT2D eigenvalue weighted by atomic mass is 10.0. The number of para-hydroxylation sites is 4. The molecule has 2 amide bonds. The van der Waals surface area contributed by atoms with Crippen LogP contribution in [0.1, 0.15) is 28.7 Å². The van der Waals surface area contributed by atoms with Crippen LogP contribution in [-0.2, 0) is 22.4 Å². The number of alkyl halides is 1. The maximum atomic E-state index is 12.4. The van der Waals surface area contributed by atoms with Crippen LogP contribution in [-0.4, -0.2) is 17.7 Å². The first-order valence-corrected chi connectivity index (χ1v) is 14.2. The Morgan fingerprint density at radius 3 is 2.00 bits per heavy atom. The van der Waals surface area contributed by atoms with E-state index in [1.165, 1.54) is 4.90 Å². The van der Waals surface area contributed by atoms with Crippen molar-refractivity contribution in [3.63, 3.8) is 0 Å². The van der Waals surface area contributed by atoms with Gasteiger partial charge in [-0.25, -0.2) is 0 Å². The van der Waals surface area contributed by atoms with Gasteiger partial charge in [0.2, 0.25) is 11.8 Å². The molecule has 2 aliphatic heterocycles. The van der Waals surface area contributed by atoms with Crippen LogP contribution in [0.5, 0.6) is 0 Å². The van der Waals surface area contributed by atoms with Gasteiger partial charge in [-0.2, -0.15) is 5.26 Å². The van der Waals surface area contributed by atoms with Crippen LogP contribution < -0.4 is 9.80 Å². The highest BCUT2D eigenvalue weighted by molar-refractivity contribution is 6.36. The molecule has 0 saturated heterocycles. The Hall–Kier alpha value is -4.08. The van der Waals surface area contributed by atoms with Crippen molar-refractivity contribution in [1.29, 1.82) is 5.26 Å². The number of benzene rings is 4. The van der Waals surface area contributed by atoms with E-state index in [9.17, 15) is 9.59 Å². The molecule has 0 aliphatic carbocycles. The highest BCUT2D eigenvalue weighted by Crippen LogP contribution is 2.42. The number of hydrogen-bond donors (Lipinski definition) is 0. The van der Waals surface area contributed by atoms with Crippen LogP contribution in [0.2, 0.25) is 10.0 Å². The number of rotatable bonds is 2. The van der Waals surface area contributed by atoms with Gasteiger partial charge in [0.25, 0.3) is 0 Å². The first-order chi connectivity index (χ1) is 19.9. The molecule has 0 spiro atoms. The van der Waals surface area contributed by atoms with Gasteiger partial charge in [-0.3, -0.25) is 19.4 Å². The molecule has 2 aliphatic rings. The molecular formula is C33H24Cl3N3O2. The maximum Gasteiger partial charge on any atom is 0.246 e. The van der Waals surface area contributed by atoms with Gasteiger partial charge >= 0.3 is 0 Å². The first-order valence-electron chi connectivity index (χ1n) is 12.9. The molecule has 6 rings (SSSR count). The Bertz CT molecular complexity index is 1710. The fourth-order valence-electron chi connectivity index (χ4n) is 5.10. The molecule has 204 valence electrons. The van der Waals surface area contributed by atoms with E-state index in [2.05, 4.69) is 0 Å². The number of halogens is 3. The van der Waals surface area contributed by atoms with Gasteiger partial charge in [0.05, 0.1) is 38.9 Å². The molecule has 4 aromatic carbocycles. The number of nitrogens with zero attached hydrogens (tertiary/aromatic N) is 3. The molecule has 2 heterocycles. The van der Waals surface area contributed by atoms with Gasteiger partial charge < -0.3 is 0 Å². The molecule has 0 unspecified atom stereocenters. The van der Waals surface area contributed by atoms with Gasteiger partial charge in [0.15, 0.2) is 0 Å². The summed E-state index contributed by atoms with van der Waals surface area (Å²) < 4.78 is 0. The molecule has 0 N–H and O–H groups in total. The average Bonchev–Trinajstić information content (AvgIpc) is 3.27. The number of carbonyl (C=O) groups is 2. The molecular weight excluding hydrogens is 577 g/mol. The molecule has 41 heavy (non-hydrogen) atoms. The van der Waals surface area contributed by atoms with E-state index in [4.69, 9.17) is 40.1 Å². The topological polar surface area (TPSA) is 64.4 Å². The first kappa shape index (κ1) is 28.4. The van der Waals surface area contributed by atoms with E-state index < -0.39 is 0 Å².